The van der Waals surface area contributed by atoms with Gasteiger partial charge in [0.2, 0.25) is 0 Å². The van der Waals surface area contributed by atoms with Crippen molar-refractivity contribution in [3.05, 3.63) is 0 Å². The summed E-state index contributed by atoms with van der Waals surface area (Å²) in [6.45, 7) is 16.6. The van der Waals surface area contributed by atoms with Crippen LogP contribution in [0.15, 0.2) is 0 Å². The summed E-state index contributed by atoms with van der Waals surface area (Å²) in [6, 6.07) is 0. The summed E-state index contributed by atoms with van der Waals surface area (Å²) in [7, 11) is 0. The van der Waals surface area contributed by atoms with E-state index in [-0.39, 0.29) is 0 Å². The van der Waals surface area contributed by atoms with E-state index in [1.54, 1.807) is 12.8 Å². The van der Waals surface area contributed by atoms with E-state index in [0.29, 0.717) is 16.2 Å². The summed E-state index contributed by atoms with van der Waals surface area (Å²) >= 11 is 0. The number of rotatable bonds is 0. The van der Waals surface area contributed by atoms with E-state index in [9.17, 15) is 0 Å². The molecule has 0 aliphatic heterocycles. The molecule has 8 aliphatic carbocycles. The molecule has 0 aromatic rings. The third-order valence-corrected chi connectivity index (χ3v) is 14.0. The predicted molar refractivity (Wildman–Crippen MR) is 85.8 cm³/mol. The smallest absolute Gasteiger partial charge is 0.0106 e. The fraction of sp³-hybridized carbons (Fsp3) is 1.00. The van der Waals surface area contributed by atoms with Gasteiger partial charge < -0.3 is 0 Å². The van der Waals surface area contributed by atoms with E-state index >= 15 is 0 Å². The van der Waals surface area contributed by atoms with Gasteiger partial charge in [0.25, 0.3) is 0 Å². The molecule has 13 unspecified atom stereocenters. The van der Waals surface area contributed by atoms with Gasteiger partial charge in [-0.2, -0.15) is 0 Å². The molecule has 0 heteroatoms. The second-order valence-electron chi connectivity index (χ2n) is 12.5. The molecule has 8 saturated carbocycles. The maximum atomic E-state index is 2.84. The average Bonchev–Trinajstić information content (AvgIpc) is 2.86. The second kappa shape index (κ2) is 2.19. The van der Waals surface area contributed by atoms with Gasteiger partial charge in [0, 0.05) is 0 Å². The Hall–Kier alpha value is 0. The molecule has 0 saturated heterocycles. The first-order valence-electron chi connectivity index (χ1n) is 10.2. The molecular weight excluding hydrogens is 264 g/mol. The number of hydrogen-bond donors (Lipinski definition) is 0. The lowest BCUT2D eigenvalue weighted by molar-refractivity contribution is -0.350. The van der Waals surface area contributed by atoms with E-state index < -0.39 is 0 Å². The third kappa shape index (κ3) is 0.470. The van der Waals surface area contributed by atoms with E-state index in [4.69, 9.17) is 0 Å². The molecule has 0 radical (unpaired) electrons. The van der Waals surface area contributed by atoms with Crippen molar-refractivity contribution in [2.45, 2.75) is 54.4 Å². The molecular formula is C22H30. The zero-order chi connectivity index (χ0) is 15.0. The second-order valence-corrected chi connectivity index (χ2v) is 12.5. The Morgan fingerprint density at radius 1 is 0.773 bits per heavy atom. The molecule has 0 amide bonds. The van der Waals surface area contributed by atoms with Crippen LogP contribution in [0.4, 0.5) is 0 Å². The van der Waals surface area contributed by atoms with Crippen LogP contribution in [-0.4, -0.2) is 0 Å². The van der Waals surface area contributed by atoms with Crippen LogP contribution in [0.1, 0.15) is 54.4 Å². The summed E-state index contributed by atoms with van der Waals surface area (Å²) in [5.41, 5.74) is 4.28. The van der Waals surface area contributed by atoms with Crippen LogP contribution in [0.2, 0.25) is 0 Å². The van der Waals surface area contributed by atoms with Crippen LogP contribution in [-0.2, 0) is 0 Å². The lowest BCUT2D eigenvalue weighted by Gasteiger charge is -2.81. The van der Waals surface area contributed by atoms with Gasteiger partial charge in [-0.25, -0.2) is 0 Å². The van der Waals surface area contributed by atoms with E-state index in [1.807, 2.05) is 0 Å². The quantitative estimate of drug-likeness (QED) is 0.599. The van der Waals surface area contributed by atoms with Crippen LogP contribution < -0.4 is 0 Å². The van der Waals surface area contributed by atoms with Crippen LogP contribution in [0.25, 0.3) is 0 Å². The van der Waals surface area contributed by atoms with E-state index in [2.05, 4.69) is 41.5 Å². The van der Waals surface area contributed by atoms with Crippen molar-refractivity contribution in [1.82, 2.24) is 0 Å². The molecule has 0 heterocycles. The Kier molecular flexibility index (Phi) is 1.15. The largest absolute Gasteiger partial charge is 0.0617 e. The van der Waals surface area contributed by atoms with Gasteiger partial charge in [-0.3, -0.25) is 0 Å². The Morgan fingerprint density at radius 3 is 2.23 bits per heavy atom. The normalized spacial score (nSPS) is 90.3. The molecule has 8 bridgehead atoms. The highest BCUT2D eigenvalue weighted by Gasteiger charge is 3.10. The van der Waals surface area contributed by atoms with Crippen LogP contribution in [0.3, 0.4) is 0 Å². The maximum absolute atomic E-state index is 2.84. The number of hydrogen-bond acceptors (Lipinski definition) is 0. The maximum Gasteiger partial charge on any atom is -0.0106 e. The summed E-state index contributed by atoms with van der Waals surface area (Å²) in [5, 5.41) is 0. The van der Waals surface area contributed by atoms with Gasteiger partial charge in [0.05, 0.1) is 0 Å². The lowest BCUT2D eigenvalue weighted by atomic mass is 9.22. The summed E-state index contributed by atoms with van der Waals surface area (Å²) < 4.78 is 0. The topological polar surface area (TPSA) is 0 Å². The molecule has 8 fully saturated rings. The van der Waals surface area contributed by atoms with Crippen molar-refractivity contribution in [2.75, 3.05) is 0 Å². The summed E-state index contributed by atoms with van der Waals surface area (Å²) in [5.74, 6) is 8.96. The Bertz CT molecular complexity index is 734. The molecule has 0 aromatic carbocycles. The highest BCUT2D eigenvalue weighted by molar-refractivity contribution is 5.57. The average molecular weight is 294 g/mol. The molecule has 118 valence electrons. The van der Waals surface area contributed by atoms with E-state index in [0.717, 1.165) is 45.8 Å². The van der Waals surface area contributed by atoms with E-state index in [1.165, 1.54) is 17.8 Å². The monoisotopic (exact) mass is 294 g/mol. The van der Waals surface area contributed by atoms with Crippen molar-refractivity contribution in [3.8, 4) is 0 Å². The summed E-state index contributed by atoms with van der Waals surface area (Å²) in [4.78, 5) is 0. The molecule has 2 spiro atoms. The molecule has 8 aliphatic rings. The van der Waals surface area contributed by atoms with Crippen molar-refractivity contribution < 1.29 is 0 Å². The summed E-state index contributed by atoms with van der Waals surface area (Å²) in [6.07, 6.45) is 3.29. The fourth-order valence-electron chi connectivity index (χ4n) is 14.7. The zero-order valence-electron chi connectivity index (χ0n) is 15.0. The highest BCUT2D eigenvalue weighted by atomic mass is 15.1. The van der Waals surface area contributed by atoms with Gasteiger partial charge in [-0.1, -0.05) is 41.5 Å². The first kappa shape index (κ1) is 11.5. The Labute approximate surface area is 134 Å². The Balaban J connectivity index is 1.66. The lowest BCUT2D eigenvalue weighted by Crippen LogP contribution is -2.78. The molecule has 8 rings (SSSR count). The van der Waals surface area contributed by atoms with Gasteiger partial charge in [-0.15, -0.1) is 0 Å². The minimum Gasteiger partial charge on any atom is -0.0617 e. The van der Waals surface area contributed by atoms with Crippen molar-refractivity contribution >= 4 is 0 Å². The SMILES string of the molecule is CC1C2CC3(C)C4C5CC46C4C7C6C3(C52)C(C)(C4(C)C)C17C. The Morgan fingerprint density at radius 2 is 1.50 bits per heavy atom. The first-order chi connectivity index (χ1) is 10.2. The predicted octanol–water partition coefficient (Wildman–Crippen LogP) is 4.84. The van der Waals surface area contributed by atoms with Gasteiger partial charge in [-0.05, 0) is 92.7 Å². The van der Waals surface area contributed by atoms with Crippen molar-refractivity contribution in [3.63, 3.8) is 0 Å². The highest BCUT2D eigenvalue weighted by Crippen LogP contribution is 3.14. The standard InChI is InChI=1S/C22H30/c1-9-10-7-18(4)14-11-8-21(14)15-13-16(21)22(18,12(10)11)20(6,17(15,2)3)19(9,13)5/h9-16H,7-8H2,1-6H3. The molecule has 0 aromatic heterocycles. The molecule has 0 N–H and O–H groups in total. The minimum atomic E-state index is 0.602. The minimum absolute atomic E-state index is 0.602. The molecule has 0 nitrogen and oxygen atoms in total. The fourth-order valence-corrected chi connectivity index (χ4v) is 14.7. The molecule has 22 heavy (non-hydrogen) atoms. The molecule has 13 atom stereocenters. The van der Waals surface area contributed by atoms with Crippen LogP contribution in [0, 0.1) is 79.8 Å². The first-order valence-corrected chi connectivity index (χ1v) is 10.2. The third-order valence-electron chi connectivity index (χ3n) is 14.0. The van der Waals surface area contributed by atoms with Crippen molar-refractivity contribution in [2.24, 2.45) is 79.8 Å². The van der Waals surface area contributed by atoms with Crippen molar-refractivity contribution in [1.29, 1.82) is 0 Å². The van der Waals surface area contributed by atoms with Gasteiger partial charge in [0.15, 0.2) is 0 Å². The van der Waals surface area contributed by atoms with Gasteiger partial charge in [0.1, 0.15) is 0 Å². The van der Waals surface area contributed by atoms with Crippen LogP contribution >= 0.6 is 0 Å². The van der Waals surface area contributed by atoms with Crippen LogP contribution in [0.5, 0.6) is 0 Å². The van der Waals surface area contributed by atoms with Gasteiger partial charge >= 0.3 is 0 Å². The zero-order valence-corrected chi connectivity index (χ0v) is 15.0.